The number of aliphatic hydroxyl groups excluding tert-OH is 1. The molecule has 0 saturated heterocycles. The third kappa shape index (κ3) is 4.38. The fourth-order valence-corrected chi connectivity index (χ4v) is 4.17. The number of ether oxygens (including phenoxy) is 1. The predicted molar refractivity (Wildman–Crippen MR) is 106 cm³/mol. The summed E-state index contributed by atoms with van der Waals surface area (Å²) in [6.07, 6.45) is -0.189. The number of hydrogen-bond acceptors (Lipinski definition) is 4. The summed E-state index contributed by atoms with van der Waals surface area (Å²) in [7, 11) is 3.41. The van der Waals surface area contributed by atoms with E-state index in [0.29, 0.717) is 23.0 Å². The van der Waals surface area contributed by atoms with Gasteiger partial charge in [-0.1, -0.05) is 41.4 Å². The number of nitrogens with one attached hydrogen (secondary N) is 1. The Bertz CT molecular complexity index is 844. The van der Waals surface area contributed by atoms with Gasteiger partial charge in [-0.2, -0.15) is 0 Å². The van der Waals surface area contributed by atoms with Crippen molar-refractivity contribution in [2.75, 3.05) is 20.7 Å². The third-order valence-electron chi connectivity index (χ3n) is 4.83. The van der Waals surface area contributed by atoms with E-state index in [2.05, 4.69) is 5.32 Å². The normalized spacial score (nSPS) is 18.4. The fourth-order valence-electron chi connectivity index (χ4n) is 3.59. The molecule has 0 spiro atoms. The molecular weight excluding hydrogens is 387 g/mol. The zero-order chi connectivity index (χ0) is 19.6. The van der Waals surface area contributed by atoms with E-state index in [9.17, 15) is 9.90 Å². The molecule has 2 atom stereocenters. The molecule has 1 amide bonds. The van der Waals surface area contributed by atoms with Crippen LogP contribution < -0.4 is 10.1 Å². The van der Waals surface area contributed by atoms with Crippen molar-refractivity contribution in [3.05, 3.63) is 63.1 Å². The van der Waals surface area contributed by atoms with Gasteiger partial charge in [-0.3, -0.25) is 9.69 Å². The molecule has 3 rings (SSSR count). The molecule has 2 aromatic carbocycles. The summed E-state index contributed by atoms with van der Waals surface area (Å²) in [5.41, 5.74) is 2.67. The van der Waals surface area contributed by atoms with Crippen LogP contribution in [0.2, 0.25) is 10.0 Å². The number of nitrogens with zero attached hydrogens (tertiary/aromatic N) is 1. The van der Waals surface area contributed by atoms with E-state index in [1.807, 2.05) is 35.2 Å². The van der Waals surface area contributed by atoms with Crippen LogP contribution in [-0.4, -0.2) is 42.7 Å². The first-order chi connectivity index (χ1) is 12.9. The van der Waals surface area contributed by atoms with Gasteiger partial charge >= 0.3 is 0 Å². The molecule has 0 aliphatic heterocycles. The van der Waals surface area contributed by atoms with Gasteiger partial charge in [0.05, 0.1) is 25.8 Å². The lowest BCUT2D eigenvalue weighted by molar-refractivity contribution is -0.123. The predicted octanol–water partition coefficient (Wildman–Crippen LogP) is 3.21. The second kappa shape index (κ2) is 8.48. The van der Waals surface area contributed by atoms with Gasteiger partial charge in [0.15, 0.2) is 0 Å². The van der Waals surface area contributed by atoms with Crippen molar-refractivity contribution in [1.29, 1.82) is 0 Å². The van der Waals surface area contributed by atoms with Gasteiger partial charge in [0.2, 0.25) is 5.91 Å². The third-order valence-corrected chi connectivity index (χ3v) is 5.38. The van der Waals surface area contributed by atoms with Gasteiger partial charge in [0.25, 0.3) is 0 Å². The summed E-state index contributed by atoms with van der Waals surface area (Å²) in [5.74, 6) is 0.591. The van der Waals surface area contributed by atoms with Gasteiger partial charge in [0.1, 0.15) is 5.75 Å². The highest BCUT2D eigenvalue weighted by Crippen LogP contribution is 2.40. The van der Waals surface area contributed by atoms with E-state index >= 15 is 0 Å². The average molecular weight is 409 g/mol. The lowest BCUT2D eigenvalue weighted by Gasteiger charge is -2.27. The number of amides is 1. The molecule has 0 aromatic heterocycles. The fraction of sp³-hybridized carbons (Fsp3) is 0.350. The number of halogens is 2. The first-order valence-electron chi connectivity index (χ1n) is 8.65. The smallest absolute Gasteiger partial charge is 0.234 e. The van der Waals surface area contributed by atoms with Crippen LogP contribution in [0.3, 0.4) is 0 Å². The molecule has 27 heavy (non-hydrogen) atoms. The van der Waals surface area contributed by atoms with Crippen LogP contribution in [0.5, 0.6) is 5.75 Å². The Hall–Kier alpha value is -1.79. The average Bonchev–Trinajstić information content (AvgIpc) is 2.96. The Kier molecular flexibility index (Phi) is 6.27. The number of carbonyl (C=O) groups excluding carboxylic acids is 1. The number of benzene rings is 2. The first-order valence-corrected chi connectivity index (χ1v) is 9.41. The lowest BCUT2D eigenvalue weighted by Crippen LogP contribution is -2.39. The van der Waals surface area contributed by atoms with Crippen LogP contribution in [0.25, 0.3) is 0 Å². The van der Waals surface area contributed by atoms with Crippen molar-refractivity contribution >= 4 is 29.1 Å². The van der Waals surface area contributed by atoms with Crippen molar-refractivity contribution in [2.45, 2.75) is 25.1 Å². The molecule has 0 saturated carbocycles. The largest absolute Gasteiger partial charge is 0.496 e. The Morgan fingerprint density at radius 3 is 2.81 bits per heavy atom. The van der Waals surface area contributed by atoms with Crippen LogP contribution in [0.1, 0.15) is 22.7 Å². The minimum Gasteiger partial charge on any atom is -0.496 e. The van der Waals surface area contributed by atoms with E-state index in [0.717, 1.165) is 22.4 Å². The minimum atomic E-state index is -0.636. The highest BCUT2D eigenvalue weighted by atomic mass is 35.5. The number of hydrogen-bond donors (Lipinski definition) is 2. The molecule has 144 valence electrons. The summed E-state index contributed by atoms with van der Waals surface area (Å²) in [5, 5.41) is 14.5. The maximum absolute atomic E-state index is 12.4. The summed E-state index contributed by atoms with van der Waals surface area (Å²) in [4.78, 5) is 14.2. The van der Waals surface area contributed by atoms with Gasteiger partial charge < -0.3 is 15.2 Å². The molecule has 2 aromatic rings. The Morgan fingerprint density at radius 1 is 1.33 bits per heavy atom. The number of rotatable bonds is 6. The topological polar surface area (TPSA) is 61.8 Å². The van der Waals surface area contributed by atoms with Crippen LogP contribution in [0, 0.1) is 0 Å². The lowest BCUT2D eigenvalue weighted by atomic mass is 10.1. The van der Waals surface area contributed by atoms with Gasteiger partial charge in [-0.05, 0) is 36.4 Å². The Morgan fingerprint density at radius 2 is 2.07 bits per heavy atom. The first kappa shape index (κ1) is 20.0. The minimum absolute atomic E-state index is 0.139. The standard InChI is InChI=1S/C20H22Cl2N2O3/c1-24(11-19(26)23-10-12-5-3-4-6-18(12)27-2)20-15-7-13(21)8-16(22)14(15)9-17(20)25/h3-8,17,20,25H,9-11H2,1-2H3,(H,23,26). The quantitative estimate of drug-likeness (QED) is 0.770. The molecule has 0 fully saturated rings. The number of para-hydroxylation sites is 1. The van der Waals surface area contributed by atoms with Crippen LogP contribution in [0.4, 0.5) is 0 Å². The van der Waals surface area contributed by atoms with E-state index in [1.54, 1.807) is 20.2 Å². The maximum atomic E-state index is 12.4. The van der Waals surface area contributed by atoms with Crippen molar-refractivity contribution in [2.24, 2.45) is 0 Å². The number of carbonyl (C=O) groups is 1. The molecule has 0 heterocycles. The van der Waals surface area contributed by atoms with Crippen molar-refractivity contribution < 1.29 is 14.6 Å². The van der Waals surface area contributed by atoms with Crippen LogP contribution in [0.15, 0.2) is 36.4 Å². The molecule has 0 bridgehead atoms. The highest BCUT2D eigenvalue weighted by molar-refractivity contribution is 6.35. The van der Waals surface area contributed by atoms with E-state index in [4.69, 9.17) is 27.9 Å². The van der Waals surface area contributed by atoms with Gasteiger partial charge in [0, 0.05) is 28.6 Å². The van der Waals surface area contributed by atoms with Crippen LogP contribution in [-0.2, 0) is 17.8 Å². The number of aliphatic hydroxyl groups is 1. The Balaban J connectivity index is 1.65. The molecular formula is C20H22Cl2N2O3. The highest BCUT2D eigenvalue weighted by Gasteiger charge is 2.36. The summed E-state index contributed by atoms with van der Waals surface area (Å²) < 4.78 is 5.30. The maximum Gasteiger partial charge on any atom is 0.234 e. The van der Waals surface area contributed by atoms with Crippen LogP contribution >= 0.6 is 23.2 Å². The number of methoxy groups -OCH3 is 1. The van der Waals surface area contributed by atoms with Crippen molar-refractivity contribution in [3.63, 3.8) is 0 Å². The monoisotopic (exact) mass is 408 g/mol. The molecule has 2 unspecified atom stereocenters. The Labute approximate surface area is 168 Å². The molecule has 2 N–H and O–H groups in total. The number of likely N-dealkylation sites (N-methyl/N-ethyl adjacent to an activating group) is 1. The van der Waals surface area contributed by atoms with Gasteiger partial charge in [-0.15, -0.1) is 0 Å². The SMILES string of the molecule is COc1ccccc1CNC(=O)CN(C)C1c2cc(Cl)cc(Cl)c2CC1O. The second-order valence-corrected chi connectivity index (χ2v) is 7.52. The molecule has 5 nitrogen and oxygen atoms in total. The van der Waals surface area contributed by atoms with E-state index in [-0.39, 0.29) is 18.5 Å². The zero-order valence-electron chi connectivity index (χ0n) is 15.2. The van der Waals surface area contributed by atoms with Crippen molar-refractivity contribution in [3.8, 4) is 5.75 Å². The summed E-state index contributed by atoms with van der Waals surface area (Å²) in [6.45, 7) is 0.512. The van der Waals surface area contributed by atoms with Crippen molar-refractivity contribution in [1.82, 2.24) is 10.2 Å². The zero-order valence-corrected chi connectivity index (χ0v) is 16.7. The van der Waals surface area contributed by atoms with E-state index < -0.39 is 6.10 Å². The summed E-state index contributed by atoms with van der Waals surface area (Å²) >= 11 is 12.4. The van der Waals surface area contributed by atoms with E-state index in [1.165, 1.54) is 0 Å². The summed E-state index contributed by atoms with van der Waals surface area (Å²) in [6, 6.07) is 10.7. The number of fused-ring (bicyclic) bond motifs is 1. The molecule has 0 radical (unpaired) electrons. The second-order valence-electron chi connectivity index (χ2n) is 6.68. The molecule has 1 aliphatic carbocycles. The van der Waals surface area contributed by atoms with Gasteiger partial charge in [-0.25, -0.2) is 0 Å². The molecule has 7 heteroatoms. The molecule has 1 aliphatic rings.